The Kier molecular flexibility index (Phi) is 4.43. The molecule has 2 aromatic rings. The van der Waals surface area contributed by atoms with E-state index >= 15 is 0 Å². The van der Waals surface area contributed by atoms with Gasteiger partial charge < -0.3 is 15.0 Å². The smallest absolute Gasteiger partial charge is 0.143 e. The fraction of sp³-hybridized carbons (Fsp3) is 0.385. The monoisotopic (exact) mass is 254 g/mol. The predicted molar refractivity (Wildman–Crippen MR) is 74.1 cm³/mol. The molecule has 0 saturated carbocycles. The van der Waals surface area contributed by atoms with Gasteiger partial charge in [-0.1, -0.05) is 12.1 Å². The Bertz CT molecular complexity index is 505. The van der Waals surface area contributed by atoms with Gasteiger partial charge in [-0.05, 0) is 19.1 Å². The molecule has 94 valence electrons. The quantitative estimate of drug-likeness (QED) is 0.914. The Morgan fingerprint density at radius 3 is 2.71 bits per heavy atom. The number of hydrogen-bond acceptors (Lipinski definition) is 2. The number of para-hydroxylation sites is 1. The highest BCUT2D eigenvalue weighted by molar-refractivity contribution is 5.87. The summed E-state index contributed by atoms with van der Waals surface area (Å²) in [5.74, 6) is 0.913. The molecular formula is C13H19ClN2O. The van der Waals surface area contributed by atoms with E-state index in [1.807, 2.05) is 19.1 Å². The number of methoxy groups -OCH3 is 1. The normalized spacial score (nSPS) is 12.2. The summed E-state index contributed by atoms with van der Waals surface area (Å²) in [4.78, 5) is 0. The van der Waals surface area contributed by atoms with Crippen LogP contribution < -0.4 is 10.5 Å². The fourth-order valence-corrected chi connectivity index (χ4v) is 2.13. The predicted octanol–water partition coefficient (Wildman–Crippen LogP) is 2.50. The summed E-state index contributed by atoms with van der Waals surface area (Å²) in [6, 6.07) is 8.45. The first kappa shape index (κ1) is 13.9. The molecule has 2 N–H and O–H groups in total. The van der Waals surface area contributed by atoms with E-state index in [0.717, 1.165) is 17.7 Å². The maximum Gasteiger partial charge on any atom is 0.143 e. The van der Waals surface area contributed by atoms with Gasteiger partial charge in [-0.2, -0.15) is 0 Å². The topological polar surface area (TPSA) is 40.2 Å². The second-order valence-corrected chi connectivity index (χ2v) is 4.27. The lowest BCUT2D eigenvalue weighted by Gasteiger charge is -2.08. The van der Waals surface area contributed by atoms with E-state index in [4.69, 9.17) is 10.5 Å². The second kappa shape index (κ2) is 5.43. The molecule has 1 atom stereocenters. The van der Waals surface area contributed by atoms with Gasteiger partial charge in [-0.15, -0.1) is 12.4 Å². The molecule has 4 heteroatoms. The highest BCUT2D eigenvalue weighted by Crippen LogP contribution is 2.28. The molecule has 0 bridgehead atoms. The van der Waals surface area contributed by atoms with Crippen molar-refractivity contribution in [1.29, 1.82) is 0 Å². The van der Waals surface area contributed by atoms with Crippen molar-refractivity contribution in [2.75, 3.05) is 7.11 Å². The number of rotatable bonds is 3. The maximum absolute atomic E-state index is 5.84. The second-order valence-electron chi connectivity index (χ2n) is 4.27. The van der Waals surface area contributed by atoms with Crippen LogP contribution >= 0.6 is 12.4 Å². The first-order chi connectivity index (χ1) is 7.63. The Morgan fingerprint density at radius 1 is 1.41 bits per heavy atom. The van der Waals surface area contributed by atoms with Crippen molar-refractivity contribution in [1.82, 2.24) is 4.57 Å². The van der Waals surface area contributed by atoms with Crippen LogP contribution in [0.25, 0.3) is 10.9 Å². The largest absolute Gasteiger partial charge is 0.495 e. The number of aryl methyl sites for hydroxylation is 1. The van der Waals surface area contributed by atoms with Crippen LogP contribution in [0, 0.1) is 0 Å². The van der Waals surface area contributed by atoms with Crippen LogP contribution in [0.2, 0.25) is 0 Å². The molecule has 3 nitrogen and oxygen atoms in total. The summed E-state index contributed by atoms with van der Waals surface area (Å²) in [6.07, 6.45) is 0.883. The Labute approximate surface area is 108 Å². The molecule has 0 spiro atoms. The third kappa shape index (κ3) is 2.56. The van der Waals surface area contributed by atoms with Crippen molar-refractivity contribution in [3.05, 3.63) is 30.0 Å². The van der Waals surface area contributed by atoms with Crippen molar-refractivity contribution in [3.63, 3.8) is 0 Å². The van der Waals surface area contributed by atoms with Crippen molar-refractivity contribution in [3.8, 4) is 5.75 Å². The Balaban J connectivity index is 0.00000144. The van der Waals surface area contributed by atoms with Crippen LogP contribution in [-0.2, 0) is 13.5 Å². The molecule has 1 aromatic heterocycles. The van der Waals surface area contributed by atoms with Crippen LogP contribution in [0.3, 0.4) is 0 Å². The average molecular weight is 255 g/mol. The third-order valence-corrected chi connectivity index (χ3v) is 2.87. The van der Waals surface area contributed by atoms with Gasteiger partial charge in [0.2, 0.25) is 0 Å². The lowest BCUT2D eigenvalue weighted by Crippen LogP contribution is -2.19. The summed E-state index contributed by atoms with van der Waals surface area (Å²) in [7, 11) is 3.76. The Hall–Kier alpha value is -1.19. The zero-order valence-corrected chi connectivity index (χ0v) is 11.3. The van der Waals surface area contributed by atoms with Crippen LogP contribution in [0.1, 0.15) is 12.6 Å². The maximum atomic E-state index is 5.84. The van der Waals surface area contributed by atoms with E-state index < -0.39 is 0 Å². The molecule has 1 aromatic carbocycles. The van der Waals surface area contributed by atoms with Crippen LogP contribution in [0.5, 0.6) is 5.75 Å². The summed E-state index contributed by atoms with van der Waals surface area (Å²) >= 11 is 0. The number of hydrogen-bond donors (Lipinski definition) is 1. The minimum Gasteiger partial charge on any atom is -0.495 e. The van der Waals surface area contributed by atoms with Gasteiger partial charge in [0.25, 0.3) is 0 Å². The summed E-state index contributed by atoms with van der Waals surface area (Å²) in [6.45, 7) is 2.02. The van der Waals surface area contributed by atoms with Crippen molar-refractivity contribution < 1.29 is 4.74 Å². The Morgan fingerprint density at radius 2 is 2.12 bits per heavy atom. The van der Waals surface area contributed by atoms with Gasteiger partial charge in [0.15, 0.2) is 0 Å². The van der Waals surface area contributed by atoms with E-state index in [2.05, 4.69) is 23.7 Å². The van der Waals surface area contributed by atoms with E-state index in [1.54, 1.807) is 7.11 Å². The molecule has 1 unspecified atom stereocenters. The number of fused-ring (bicyclic) bond motifs is 1. The highest BCUT2D eigenvalue weighted by Gasteiger charge is 2.10. The number of halogens is 1. The van der Waals surface area contributed by atoms with E-state index in [0.29, 0.717) is 0 Å². The molecule has 17 heavy (non-hydrogen) atoms. The van der Waals surface area contributed by atoms with E-state index in [-0.39, 0.29) is 18.4 Å². The van der Waals surface area contributed by atoms with Crippen LogP contribution in [0.15, 0.2) is 24.3 Å². The minimum atomic E-state index is 0. The molecule has 0 aliphatic rings. The molecule has 0 amide bonds. The summed E-state index contributed by atoms with van der Waals surface area (Å²) in [5, 5.41) is 1.21. The molecule has 0 aliphatic heterocycles. The average Bonchev–Trinajstić information content (AvgIpc) is 2.55. The SMILES string of the molecule is COc1cccc2cc(CC(C)N)n(C)c12.Cl. The molecule has 0 radical (unpaired) electrons. The number of nitrogens with two attached hydrogens (primary N) is 1. The molecule has 1 heterocycles. The van der Waals surface area contributed by atoms with Crippen LogP contribution in [0.4, 0.5) is 0 Å². The van der Waals surface area contributed by atoms with Crippen molar-refractivity contribution in [2.45, 2.75) is 19.4 Å². The lowest BCUT2D eigenvalue weighted by atomic mass is 10.2. The molecule has 0 fully saturated rings. The van der Waals surface area contributed by atoms with Gasteiger partial charge in [-0.3, -0.25) is 0 Å². The van der Waals surface area contributed by atoms with Crippen molar-refractivity contribution >= 4 is 23.3 Å². The van der Waals surface area contributed by atoms with Gasteiger partial charge in [-0.25, -0.2) is 0 Å². The minimum absolute atomic E-state index is 0. The zero-order chi connectivity index (χ0) is 11.7. The van der Waals surface area contributed by atoms with Crippen LogP contribution in [-0.4, -0.2) is 17.7 Å². The summed E-state index contributed by atoms with van der Waals surface area (Å²) < 4.78 is 7.54. The van der Waals surface area contributed by atoms with Gasteiger partial charge in [0, 0.05) is 30.6 Å². The number of nitrogens with zero attached hydrogens (tertiary/aromatic N) is 1. The van der Waals surface area contributed by atoms with Gasteiger partial charge in [0.05, 0.1) is 12.6 Å². The van der Waals surface area contributed by atoms with Gasteiger partial charge >= 0.3 is 0 Å². The number of ether oxygens (including phenoxy) is 1. The lowest BCUT2D eigenvalue weighted by molar-refractivity contribution is 0.417. The van der Waals surface area contributed by atoms with Crippen molar-refractivity contribution in [2.24, 2.45) is 12.8 Å². The first-order valence-electron chi connectivity index (χ1n) is 5.50. The molecule has 2 rings (SSSR count). The first-order valence-corrected chi connectivity index (χ1v) is 5.50. The molecular weight excluding hydrogens is 236 g/mol. The zero-order valence-electron chi connectivity index (χ0n) is 10.4. The van der Waals surface area contributed by atoms with Gasteiger partial charge in [0.1, 0.15) is 5.75 Å². The fourth-order valence-electron chi connectivity index (χ4n) is 2.13. The summed E-state index contributed by atoms with van der Waals surface area (Å²) in [5.41, 5.74) is 8.23. The molecule has 0 saturated heterocycles. The standard InChI is InChI=1S/C13H18N2O.ClH/c1-9(14)7-11-8-10-5-4-6-12(16-3)13(10)15(11)2;/h4-6,8-9H,7,14H2,1-3H3;1H. The van der Waals surface area contributed by atoms with E-state index in [9.17, 15) is 0 Å². The number of benzene rings is 1. The number of aromatic nitrogens is 1. The highest BCUT2D eigenvalue weighted by atomic mass is 35.5. The third-order valence-electron chi connectivity index (χ3n) is 2.87. The van der Waals surface area contributed by atoms with E-state index in [1.165, 1.54) is 11.1 Å². The molecule has 0 aliphatic carbocycles.